The highest BCUT2D eigenvalue weighted by atomic mass is 16.4. The minimum atomic E-state index is -1.76. The lowest BCUT2D eigenvalue weighted by molar-refractivity contribution is -0.192. The van der Waals surface area contributed by atoms with E-state index in [2.05, 4.69) is 6.92 Å². The molecular formula is C20H26O5. The van der Waals surface area contributed by atoms with Crippen LogP contribution in [-0.2, 0) is 9.59 Å². The zero-order chi connectivity index (χ0) is 18.2. The van der Waals surface area contributed by atoms with Crippen LogP contribution in [0.5, 0.6) is 0 Å². The maximum absolute atomic E-state index is 11.8. The van der Waals surface area contributed by atoms with Gasteiger partial charge in [0.1, 0.15) is 0 Å². The summed E-state index contributed by atoms with van der Waals surface area (Å²) in [6, 6.07) is 0. The normalized spacial score (nSPS) is 51.4. The van der Waals surface area contributed by atoms with Crippen LogP contribution in [0.25, 0.3) is 0 Å². The molecule has 0 aromatic carbocycles. The van der Waals surface area contributed by atoms with E-state index in [9.17, 15) is 24.9 Å². The first-order valence-electron chi connectivity index (χ1n) is 9.21. The lowest BCUT2D eigenvalue weighted by atomic mass is 9.46. The highest BCUT2D eigenvalue weighted by Gasteiger charge is 2.68. The molecule has 136 valence electrons. The van der Waals surface area contributed by atoms with Gasteiger partial charge in [-0.05, 0) is 56.1 Å². The third-order valence-electron chi connectivity index (χ3n) is 8.00. The first kappa shape index (κ1) is 17.0. The Kier molecular flexibility index (Phi) is 3.42. The second-order valence-electron chi connectivity index (χ2n) is 8.92. The number of carboxylic acid groups (broad SMARTS) is 1. The van der Waals surface area contributed by atoms with Crippen molar-refractivity contribution in [1.82, 2.24) is 0 Å². The van der Waals surface area contributed by atoms with E-state index >= 15 is 0 Å². The topological polar surface area (TPSA) is 94.8 Å². The summed E-state index contributed by atoms with van der Waals surface area (Å²) in [5.74, 6) is -0.976. The van der Waals surface area contributed by atoms with Crippen LogP contribution in [0.4, 0.5) is 0 Å². The Morgan fingerprint density at radius 1 is 1.28 bits per heavy atom. The molecule has 0 radical (unpaired) electrons. The highest BCUT2D eigenvalue weighted by Crippen LogP contribution is 2.66. The van der Waals surface area contributed by atoms with E-state index in [1.807, 2.05) is 13.0 Å². The van der Waals surface area contributed by atoms with E-state index in [1.54, 1.807) is 12.2 Å². The van der Waals surface area contributed by atoms with Crippen molar-refractivity contribution in [3.8, 4) is 0 Å². The van der Waals surface area contributed by atoms with Crippen molar-refractivity contribution in [2.75, 3.05) is 0 Å². The van der Waals surface area contributed by atoms with Crippen LogP contribution < -0.4 is 0 Å². The van der Waals surface area contributed by atoms with E-state index in [0.717, 1.165) is 18.4 Å². The summed E-state index contributed by atoms with van der Waals surface area (Å²) in [5.41, 5.74) is -1.86. The van der Waals surface area contributed by atoms with Crippen molar-refractivity contribution in [1.29, 1.82) is 0 Å². The average Bonchev–Trinajstić information content (AvgIpc) is 2.80. The van der Waals surface area contributed by atoms with Crippen molar-refractivity contribution in [3.63, 3.8) is 0 Å². The van der Waals surface area contributed by atoms with Gasteiger partial charge in [-0.25, -0.2) is 4.79 Å². The second kappa shape index (κ2) is 5.04. The fourth-order valence-electron chi connectivity index (χ4n) is 6.68. The molecule has 3 N–H and O–H groups in total. The van der Waals surface area contributed by atoms with Gasteiger partial charge in [-0.15, -0.1) is 0 Å². The van der Waals surface area contributed by atoms with Crippen molar-refractivity contribution in [2.24, 2.45) is 28.6 Å². The predicted molar refractivity (Wildman–Crippen MR) is 90.6 cm³/mol. The molecule has 0 bridgehead atoms. The number of aliphatic carboxylic acids is 1. The van der Waals surface area contributed by atoms with Crippen LogP contribution in [0.3, 0.4) is 0 Å². The number of carbonyl (C=O) groups is 2. The number of allylic oxidation sites excluding steroid dienone is 4. The van der Waals surface area contributed by atoms with Crippen LogP contribution in [0.2, 0.25) is 0 Å². The molecule has 0 spiro atoms. The molecule has 1 unspecified atom stereocenters. The van der Waals surface area contributed by atoms with Gasteiger partial charge >= 0.3 is 5.97 Å². The zero-order valence-electron chi connectivity index (χ0n) is 14.7. The minimum Gasteiger partial charge on any atom is -0.479 e. The monoisotopic (exact) mass is 346 g/mol. The molecule has 0 aromatic heterocycles. The molecule has 7 atom stereocenters. The van der Waals surface area contributed by atoms with Gasteiger partial charge in [0.25, 0.3) is 0 Å². The summed E-state index contributed by atoms with van der Waals surface area (Å²) < 4.78 is 0. The number of hydrogen-bond donors (Lipinski definition) is 3. The Labute approximate surface area is 147 Å². The number of fused-ring (bicyclic) bond motifs is 5. The van der Waals surface area contributed by atoms with Crippen LogP contribution in [0, 0.1) is 28.6 Å². The molecule has 0 amide bonds. The number of carboxylic acids is 1. The molecule has 5 nitrogen and oxygen atoms in total. The molecule has 4 rings (SSSR count). The summed E-state index contributed by atoms with van der Waals surface area (Å²) >= 11 is 0. The van der Waals surface area contributed by atoms with Crippen molar-refractivity contribution < 1.29 is 24.9 Å². The Hall–Kier alpha value is -1.46. The molecule has 0 aliphatic heterocycles. The molecule has 4 aliphatic carbocycles. The smallest absolute Gasteiger partial charge is 0.336 e. The largest absolute Gasteiger partial charge is 0.479 e. The molecule has 0 saturated heterocycles. The number of carbonyl (C=O) groups excluding carboxylic acids is 1. The molecule has 0 aromatic rings. The summed E-state index contributed by atoms with van der Waals surface area (Å²) in [6.07, 6.45) is 7.37. The van der Waals surface area contributed by atoms with Gasteiger partial charge in [0.05, 0.1) is 6.10 Å². The molecule has 5 heteroatoms. The van der Waals surface area contributed by atoms with Crippen LogP contribution in [-0.4, -0.2) is 38.8 Å². The quantitative estimate of drug-likeness (QED) is 0.676. The third kappa shape index (κ3) is 1.97. The van der Waals surface area contributed by atoms with E-state index in [1.165, 1.54) is 0 Å². The van der Waals surface area contributed by atoms with Gasteiger partial charge in [0.15, 0.2) is 11.4 Å². The third-order valence-corrected chi connectivity index (χ3v) is 8.00. The molecule has 4 aliphatic rings. The summed E-state index contributed by atoms with van der Waals surface area (Å²) in [6.45, 7) is 3.93. The van der Waals surface area contributed by atoms with E-state index < -0.39 is 23.1 Å². The van der Waals surface area contributed by atoms with E-state index in [4.69, 9.17) is 0 Å². The van der Waals surface area contributed by atoms with Gasteiger partial charge in [-0.3, -0.25) is 4.79 Å². The van der Waals surface area contributed by atoms with Gasteiger partial charge < -0.3 is 15.3 Å². The molecule has 0 heterocycles. The van der Waals surface area contributed by atoms with Crippen LogP contribution in [0.1, 0.15) is 46.0 Å². The fourth-order valence-corrected chi connectivity index (χ4v) is 6.68. The van der Waals surface area contributed by atoms with Crippen LogP contribution >= 0.6 is 0 Å². The predicted octanol–water partition coefficient (Wildman–Crippen LogP) is 2.08. The maximum atomic E-state index is 11.8. The number of aliphatic hydroxyl groups is 2. The minimum absolute atomic E-state index is 0.00202. The number of rotatable bonds is 1. The van der Waals surface area contributed by atoms with Crippen molar-refractivity contribution in [2.45, 2.75) is 57.7 Å². The van der Waals surface area contributed by atoms with Gasteiger partial charge in [-0.1, -0.05) is 25.5 Å². The number of hydrogen-bond acceptors (Lipinski definition) is 4. The molecule has 3 fully saturated rings. The Balaban J connectivity index is 1.76. The summed E-state index contributed by atoms with van der Waals surface area (Å²) in [5, 5.41) is 31.6. The standard InChI is InChI=1S/C20H26O5/c1-18-7-5-12(21)9-11(18)3-4-13-14-6-8-20(25,17(23)24)19(14,2)10-15(22)16(13)18/h5,7,9,13-16,22,25H,3-4,6,8,10H2,1-2H3,(H,23,24)/t13-,14-,15-,16?,18-,19-,20-/m0/s1. The van der Waals surface area contributed by atoms with E-state index in [0.29, 0.717) is 6.42 Å². The number of ketones is 1. The second-order valence-corrected chi connectivity index (χ2v) is 8.92. The van der Waals surface area contributed by atoms with E-state index in [-0.39, 0.29) is 41.8 Å². The van der Waals surface area contributed by atoms with Gasteiger partial charge in [0, 0.05) is 16.7 Å². The van der Waals surface area contributed by atoms with Gasteiger partial charge in [0.2, 0.25) is 0 Å². The van der Waals surface area contributed by atoms with Crippen LogP contribution in [0.15, 0.2) is 23.8 Å². The first-order chi connectivity index (χ1) is 11.6. The maximum Gasteiger partial charge on any atom is 0.336 e. The van der Waals surface area contributed by atoms with Crippen molar-refractivity contribution in [3.05, 3.63) is 23.8 Å². The Morgan fingerprint density at radius 2 is 2.00 bits per heavy atom. The fraction of sp³-hybridized carbons (Fsp3) is 0.700. The Morgan fingerprint density at radius 3 is 2.68 bits per heavy atom. The lowest BCUT2D eigenvalue weighted by Crippen LogP contribution is -2.61. The zero-order valence-corrected chi connectivity index (χ0v) is 14.7. The summed E-state index contributed by atoms with van der Waals surface area (Å²) in [4.78, 5) is 23.6. The summed E-state index contributed by atoms with van der Waals surface area (Å²) in [7, 11) is 0. The van der Waals surface area contributed by atoms with Crippen molar-refractivity contribution >= 4 is 11.8 Å². The molecular weight excluding hydrogens is 320 g/mol. The molecule has 3 saturated carbocycles. The first-order valence-corrected chi connectivity index (χ1v) is 9.21. The number of aliphatic hydroxyl groups excluding tert-OH is 1. The lowest BCUT2D eigenvalue weighted by Gasteiger charge is -2.59. The average molecular weight is 346 g/mol. The Bertz CT molecular complexity index is 709. The van der Waals surface area contributed by atoms with Gasteiger partial charge in [-0.2, -0.15) is 0 Å². The SMILES string of the molecule is C[C@]12C=CC(=O)C=C1CC[C@@H]1C2[C@@H](O)C[C@@]2(C)[C@H]1CC[C@]2(O)C(=O)O. The highest BCUT2D eigenvalue weighted by molar-refractivity contribution is 6.01. The molecule has 25 heavy (non-hydrogen) atoms.